The predicted molar refractivity (Wildman–Crippen MR) is 136 cm³/mol. The number of hydrogen-bond donors (Lipinski definition) is 1. The molecule has 1 aliphatic heterocycles. The summed E-state index contributed by atoms with van der Waals surface area (Å²) in [6.07, 6.45) is 2.41. The van der Waals surface area contributed by atoms with Crippen molar-refractivity contribution in [1.29, 1.82) is 0 Å². The predicted octanol–water partition coefficient (Wildman–Crippen LogP) is 2.41. The molecule has 3 aromatic rings. The third-order valence-corrected chi connectivity index (χ3v) is 6.53. The lowest BCUT2D eigenvalue weighted by Crippen LogP contribution is -2.43. The Balaban J connectivity index is 1.70. The quantitative estimate of drug-likeness (QED) is 0.455. The van der Waals surface area contributed by atoms with Gasteiger partial charge in [0.2, 0.25) is 5.91 Å². The Morgan fingerprint density at radius 2 is 1.94 bits per heavy atom. The van der Waals surface area contributed by atoms with E-state index in [1.165, 1.54) is 16.6 Å². The topological polar surface area (TPSA) is 119 Å². The molecular weight excluding hydrogens is 462 g/mol. The number of anilines is 1. The number of rotatable bonds is 9. The van der Waals surface area contributed by atoms with E-state index in [2.05, 4.69) is 4.98 Å². The number of methoxy groups -OCH3 is 1. The van der Waals surface area contributed by atoms with Crippen LogP contribution in [0.2, 0.25) is 0 Å². The highest BCUT2D eigenvalue weighted by Crippen LogP contribution is 2.33. The number of imidazole rings is 1. The molecule has 4 rings (SSSR count). The molecule has 0 radical (unpaired) electrons. The van der Waals surface area contributed by atoms with E-state index < -0.39 is 23.3 Å². The second-order valence-corrected chi connectivity index (χ2v) is 9.60. The summed E-state index contributed by atoms with van der Waals surface area (Å²) in [7, 11) is 1.32. The number of para-hydroxylation sites is 1. The standard InChI is InChI=1S/C26H33N5O5/c1-5-6-13-29-23-22(24(33)28-26(29)35)30(15-16(2)3)20(27-23)11-12-21(32)31-18-10-8-7-9-17(18)14-19(31)25(34)36-4/h7-10,16,19H,5-6,11-15H2,1-4H3,(H,28,33,35). The van der Waals surface area contributed by atoms with E-state index in [9.17, 15) is 19.2 Å². The minimum Gasteiger partial charge on any atom is -0.467 e. The molecule has 10 heteroatoms. The van der Waals surface area contributed by atoms with E-state index in [0.717, 1.165) is 18.4 Å². The summed E-state index contributed by atoms with van der Waals surface area (Å²) in [5.41, 5.74) is 1.36. The van der Waals surface area contributed by atoms with Gasteiger partial charge in [-0.15, -0.1) is 0 Å². The number of nitrogens with one attached hydrogen (secondary N) is 1. The molecule has 0 aliphatic carbocycles. The molecule has 1 atom stereocenters. The summed E-state index contributed by atoms with van der Waals surface area (Å²) in [6.45, 7) is 7.06. The van der Waals surface area contributed by atoms with E-state index in [1.807, 2.05) is 49.6 Å². The fourth-order valence-corrected chi connectivity index (χ4v) is 4.85. The van der Waals surface area contributed by atoms with Gasteiger partial charge in [0.15, 0.2) is 11.2 Å². The number of aromatic amines is 1. The van der Waals surface area contributed by atoms with Crippen molar-refractivity contribution in [3.63, 3.8) is 0 Å². The number of ether oxygens (including phenoxy) is 1. The molecule has 2 aromatic heterocycles. The van der Waals surface area contributed by atoms with Crippen molar-refractivity contribution in [3.8, 4) is 0 Å². The van der Waals surface area contributed by atoms with Crippen LogP contribution >= 0.6 is 0 Å². The molecule has 192 valence electrons. The van der Waals surface area contributed by atoms with Crippen molar-refractivity contribution in [1.82, 2.24) is 19.1 Å². The normalized spacial score (nSPS) is 15.0. The maximum absolute atomic E-state index is 13.4. The molecule has 1 amide bonds. The number of carbonyl (C=O) groups excluding carboxylic acids is 2. The van der Waals surface area contributed by atoms with Gasteiger partial charge < -0.3 is 9.30 Å². The molecule has 1 unspecified atom stereocenters. The fraction of sp³-hybridized carbons (Fsp3) is 0.500. The van der Waals surface area contributed by atoms with Crippen LogP contribution in [0.25, 0.3) is 11.2 Å². The van der Waals surface area contributed by atoms with Gasteiger partial charge in [-0.1, -0.05) is 45.4 Å². The number of benzene rings is 1. The lowest BCUT2D eigenvalue weighted by atomic mass is 10.1. The summed E-state index contributed by atoms with van der Waals surface area (Å²) < 4.78 is 8.29. The zero-order valence-electron chi connectivity index (χ0n) is 21.2. The molecule has 1 N–H and O–H groups in total. The molecular formula is C26H33N5O5. The van der Waals surface area contributed by atoms with Crippen LogP contribution in [0.15, 0.2) is 33.9 Å². The van der Waals surface area contributed by atoms with Crippen LogP contribution in [-0.4, -0.2) is 44.1 Å². The molecule has 0 bridgehead atoms. The SMILES string of the molecule is CCCCn1c(=O)[nH]c(=O)c2c1nc(CCC(=O)N1c3ccccc3CC1C(=O)OC)n2CC(C)C. The van der Waals surface area contributed by atoms with Gasteiger partial charge in [0.1, 0.15) is 11.9 Å². The van der Waals surface area contributed by atoms with E-state index in [4.69, 9.17) is 9.72 Å². The first-order chi connectivity index (χ1) is 17.3. The third kappa shape index (κ3) is 4.72. The average Bonchev–Trinajstić information content (AvgIpc) is 3.40. The minimum absolute atomic E-state index is 0.0837. The Kier molecular flexibility index (Phi) is 7.42. The van der Waals surface area contributed by atoms with Crippen molar-refractivity contribution in [2.75, 3.05) is 12.0 Å². The zero-order valence-corrected chi connectivity index (χ0v) is 21.2. The molecule has 0 saturated heterocycles. The highest BCUT2D eigenvalue weighted by atomic mass is 16.5. The number of aryl methyl sites for hydroxylation is 2. The number of hydrogen-bond acceptors (Lipinski definition) is 6. The number of nitrogens with zero attached hydrogens (tertiary/aromatic N) is 4. The van der Waals surface area contributed by atoms with Crippen molar-refractivity contribution in [2.45, 2.75) is 72.0 Å². The van der Waals surface area contributed by atoms with Gasteiger partial charge in [-0.3, -0.25) is 24.0 Å². The number of H-pyrrole nitrogens is 1. The number of fused-ring (bicyclic) bond motifs is 2. The highest BCUT2D eigenvalue weighted by molar-refractivity contribution is 6.02. The monoisotopic (exact) mass is 495 g/mol. The first-order valence-corrected chi connectivity index (χ1v) is 12.5. The Bertz CT molecular complexity index is 1400. The van der Waals surface area contributed by atoms with Crippen LogP contribution in [0.5, 0.6) is 0 Å². The smallest absolute Gasteiger partial charge is 0.330 e. The van der Waals surface area contributed by atoms with Gasteiger partial charge in [-0.05, 0) is 24.0 Å². The molecule has 1 aromatic carbocycles. The summed E-state index contributed by atoms with van der Waals surface area (Å²) in [6, 6.07) is 6.74. The van der Waals surface area contributed by atoms with Gasteiger partial charge >= 0.3 is 11.7 Å². The van der Waals surface area contributed by atoms with Crippen LogP contribution in [0.1, 0.15) is 51.4 Å². The van der Waals surface area contributed by atoms with Crippen molar-refractivity contribution in [3.05, 3.63) is 56.5 Å². The summed E-state index contributed by atoms with van der Waals surface area (Å²) >= 11 is 0. The average molecular weight is 496 g/mol. The molecule has 0 spiro atoms. The first kappa shape index (κ1) is 25.4. The van der Waals surface area contributed by atoms with Gasteiger partial charge in [0.25, 0.3) is 5.56 Å². The minimum atomic E-state index is -0.712. The molecule has 0 fully saturated rings. The van der Waals surface area contributed by atoms with Crippen LogP contribution in [0, 0.1) is 5.92 Å². The lowest BCUT2D eigenvalue weighted by Gasteiger charge is -2.23. The molecule has 10 nitrogen and oxygen atoms in total. The van der Waals surface area contributed by atoms with E-state index in [1.54, 1.807) is 0 Å². The molecule has 0 saturated carbocycles. The number of carbonyl (C=O) groups is 2. The van der Waals surface area contributed by atoms with Crippen molar-refractivity contribution in [2.24, 2.45) is 5.92 Å². The molecule has 36 heavy (non-hydrogen) atoms. The van der Waals surface area contributed by atoms with Crippen LogP contribution in [0.4, 0.5) is 5.69 Å². The van der Waals surface area contributed by atoms with Gasteiger partial charge in [-0.25, -0.2) is 14.6 Å². The number of aromatic nitrogens is 4. The van der Waals surface area contributed by atoms with E-state index in [0.29, 0.717) is 42.2 Å². The van der Waals surface area contributed by atoms with E-state index in [-0.39, 0.29) is 24.7 Å². The molecule has 1 aliphatic rings. The Labute approximate surface area is 208 Å². The lowest BCUT2D eigenvalue weighted by molar-refractivity contribution is -0.143. The first-order valence-electron chi connectivity index (χ1n) is 12.5. The third-order valence-electron chi connectivity index (χ3n) is 6.53. The van der Waals surface area contributed by atoms with Gasteiger partial charge in [0.05, 0.1) is 7.11 Å². The molecule has 3 heterocycles. The second kappa shape index (κ2) is 10.5. The Morgan fingerprint density at radius 3 is 2.64 bits per heavy atom. The zero-order chi connectivity index (χ0) is 26.0. The second-order valence-electron chi connectivity index (χ2n) is 9.60. The fourth-order valence-electron chi connectivity index (χ4n) is 4.85. The van der Waals surface area contributed by atoms with E-state index >= 15 is 0 Å². The number of esters is 1. The highest BCUT2D eigenvalue weighted by Gasteiger charge is 2.38. The summed E-state index contributed by atoms with van der Waals surface area (Å²) in [5, 5.41) is 0. The van der Waals surface area contributed by atoms with Crippen LogP contribution < -0.4 is 16.1 Å². The van der Waals surface area contributed by atoms with Gasteiger partial charge in [-0.2, -0.15) is 0 Å². The Morgan fingerprint density at radius 1 is 1.19 bits per heavy atom. The number of amides is 1. The number of unbranched alkanes of at least 4 members (excludes halogenated alkanes) is 1. The maximum Gasteiger partial charge on any atom is 0.330 e. The van der Waals surface area contributed by atoms with Crippen LogP contribution in [-0.2, 0) is 40.3 Å². The van der Waals surface area contributed by atoms with Crippen molar-refractivity contribution >= 4 is 28.7 Å². The Hall–Kier alpha value is -3.69. The largest absolute Gasteiger partial charge is 0.467 e. The summed E-state index contributed by atoms with van der Waals surface area (Å²) in [4.78, 5) is 59.9. The van der Waals surface area contributed by atoms with Crippen LogP contribution in [0.3, 0.4) is 0 Å². The maximum atomic E-state index is 13.4. The van der Waals surface area contributed by atoms with Crippen molar-refractivity contribution < 1.29 is 14.3 Å². The summed E-state index contributed by atoms with van der Waals surface area (Å²) in [5.74, 6) is 0.0887. The van der Waals surface area contributed by atoms with Gasteiger partial charge in [0, 0.05) is 38.0 Å².